The van der Waals surface area contributed by atoms with Crippen molar-refractivity contribution >= 4 is 10.9 Å². The van der Waals surface area contributed by atoms with E-state index in [-0.39, 0.29) is 5.43 Å². The van der Waals surface area contributed by atoms with E-state index in [0.717, 1.165) is 28.6 Å². The quantitative estimate of drug-likeness (QED) is 0.837. The zero-order valence-electron chi connectivity index (χ0n) is 10.9. The number of aromatic nitrogens is 1. The lowest BCUT2D eigenvalue weighted by Crippen LogP contribution is -2.10. The van der Waals surface area contributed by atoms with Crippen LogP contribution in [0.4, 0.5) is 0 Å². The number of nitrogens with one attached hydrogen (secondary N) is 1. The predicted octanol–water partition coefficient (Wildman–Crippen LogP) is 3.66. The molecule has 1 atom stereocenters. The first kappa shape index (κ1) is 11.9. The molecule has 0 radical (unpaired) electrons. The van der Waals surface area contributed by atoms with Crippen molar-refractivity contribution in [1.82, 2.24) is 4.98 Å². The fraction of sp³-hybridized carbons (Fsp3) is 0.400. The maximum Gasteiger partial charge on any atom is 0.192 e. The molecule has 0 amide bonds. The fourth-order valence-electron chi connectivity index (χ4n) is 2.07. The number of hydrogen-bond acceptors (Lipinski definition) is 1. The van der Waals surface area contributed by atoms with Crippen molar-refractivity contribution in [1.29, 1.82) is 0 Å². The fourth-order valence-corrected chi connectivity index (χ4v) is 2.07. The van der Waals surface area contributed by atoms with Gasteiger partial charge in [0, 0.05) is 22.2 Å². The SMILES string of the molecule is CCC(C)c1ccc2[nH]c(C)c(C)c(=O)c2c1. The highest BCUT2D eigenvalue weighted by atomic mass is 16.1. The van der Waals surface area contributed by atoms with Gasteiger partial charge in [-0.1, -0.05) is 19.9 Å². The molecule has 1 aromatic heterocycles. The Bertz CT molecular complexity index is 610. The maximum atomic E-state index is 12.2. The van der Waals surface area contributed by atoms with Crippen LogP contribution in [0.25, 0.3) is 10.9 Å². The molecule has 90 valence electrons. The van der Waals surface area contributed by atoms with E-state index in [1.54, 1.807) is 0 Å². The van der Waals surface area contributed by atoms with Gasteiger partial charge in [0.05, 0.1) is 0 Å². The van der Waals surface area contributed by atoms with E-state index >= 15 is 0 Å². The molecule has 0 aliphatic carbocycles. The third-order valence-corrected chi connectivity index (χ3v) is 3.69. The van der Waals surface area contributed by atoms with E-state index in [9.17, 15) is 4.79 Å². The van der Waals surface area contributed by atoms with Crippen molar-refractivity contribution < 1.29 is 0 Å². The van der Waals surface area contributed by atoms with Crippen LogP contribution < -0.4 is 5.43 Å². The van der Waals surface area contributed by atoms with Gasteiger partial charge in [0.25, 0.3) is 0 Å². The molecular weight excluding hydrogens is 210 g/mol. The van der Waals surface area contributed by atoms with Crippen molar-refractivity contribution in [2.75, 3.05) is 0 Å². The van der Waals surface area contributed by atoms with Gasteiger partial charge in [-0.05, 0) is 43.9 Å². The highest BCUT2D eigenvalue weighted by molar-refractivity contribution is 5.80. The van der Waals surface area contributed by atoms with Crippen LogP contribution in [0.5, 0.6) is 0 Å². The molecule has 2 nitrogen and oxygen atoms in total. The van der Waals surface area contributed by atoms with Crippen molar-refractivity contribution in [3.05, 3.63) is 45.2 Å². The third-order valence-electron chi connectivity index (χ3n) is 3.69. The topological polar surface area (TPSA) is 32.9 Å². The molecule has 0 spiro atoms. The van der Waals surface area contributed by atoms with Crippen LogP contribution in [-0.2, 0) is 0 Å². The van der Waals surface area contributed by atoms with Crippen LogP contribution in [0.2, 0.25) is 0 Å². The average Bonchev–Trinajstić information content (AvgIpc) is 2.35. The van der Waals surface area contributed by atoms with E-state index in [4.69, 9.17) is 0 Å². The minimum atomic E-state index is 0.154. The number of pyridine rings is 1. The second kappa shape index (κ2) is 4.36. The number of hydrogen-bond donors (Lipinski definition) is 1. The summed E-state index contributed by atoms with van der Waals surface area (Å²) in [6.07, 6.45) is 1.09. The molecule has 0 aliphatic rings. The monoisotopic (exact) mass is 229 g/mol. The lowest BCUT2D eigenvalue weighted by Gasteiger charge is -2.11. The van der Waals surface area contributed by atoms with Crippen molar-refractivity contribution in [3.63, 3.8) is 0 Å². The molecule has 1 aromatic carbocycles. The van der Waals surface area contributed by atoms with Crippen molar-refractivity contribution in [2.45, 2.75) is 40.0 Å². The first-order chi connectivity index (χ1) is 8.04. The highest BCUT2D eigenvalue weighted by Gasteiger charge is 2.08. The zero-order chi connectivity index (χ0) is 12.6. The summed E-state index contributed by atoms with van der Waals surface area (Å²) in [5.74, 6) is 0.500. The van der Waals surface area contributed by atoms with Crippen LogP contribution in [0.1, 0.15) is 43.0 Å². The van der Waals surface area contributed by atoms with Gasteiger partial charge in [0.2, 0.25) is 0 Å². The average molecular weight is 229 g/mol. The molecule has 0 aliphatic heterocycles. The second-order valence-electron chi connectivity index (χ2n) is 4.82. The minimum Gasteiger partial charge on any atom is -0.358 e. The highest BCUT2D eigenvalue weighted by Crippen LogP contribution is 2.21. The minimum absolute atomic E-state index is 0.154. The van der Waals surface area contributed by atoms with Gasteiger partial charge in [-0.3, -0.25) is 4.79 Å². The van der Waals surface area contributed by atoms with Crippen LogP contribution >= 0.6 is 0 Å². The lowest BCUT2D eigenvalue weighted by atomic mass is 9.96. The maximum absolute atomic E-state index is 12.2. The Hall–Kier alpha value is -1.57. The summed E-state index contributed by atoms with van der Waals surface area (Å²) in [5.41, 5.74) is 4.11. The van der Waals surface area contributed by atoms with E-state index in [0.29, 0.717) is 5.92 Å². The summed E-state index contributed by atoms with van der Waals surface area (Å²) >= 11 is 0. The van der Waals surface area contributed by atoms with Crippen LogP contribution in [-0.4, -0.2) is 4.98 Å². The van der Waals surface area contributed by atoms with Crippen LogP contribution in [0, 0.1) is 13.8 Å². The normalized spacial score (nSPS) is 12.9. The van der Waals surface area contributed by atoms with Gasteiger partial charge < -0.3 is 4.98 Å². The lowest BCUT2D eigenvalue weighted by molar-refractivity contribution is 0.734. The molecule has 2 rings (SSSR count). The van der Waals surface area contributed by atoms with E-state index < -0.39 is 0 Å². The first-order valence-electron chi connectivity index (χ1n) is 6.17. The molecule has 2 heteroatoms. The van der Waals surface area contributed by atoms with Crippen molar-refractivity contribution in [2.24, 2.45) is 0 Å². The molecular formula is C15H19NO. The number of aryl methyl sites for hydroxylation is 1. The summed E-state index contributed by atoms with van der Waals surface area (Å²) in [6.45, 7) is 8.18. The number of aromatic amines is 1. The molecule has 1 heterocycles. The summed E-state index contributed by atoms with van der Waals surface area (Å²) in [4.78, 5) is 15.5. The standard InChI is InChI=1S/C15H19NO/c1-5-9(2)12-6-7-14-13(8-12)15(17)10(3)11(4)16-14/h6-9H,5H2,1-4H3,(H,16,17). The van der Waals surface area contributed by atoms with Gasteiger partial charge in [-0.15, -0.1) is 0 Å². The van der Waals surface area contributed by atoms with Crippen molar-refractivity contribution in [3.8, 4) is 0 Å². The van der Waals surface area contributed by atoms with E-state index in [1.165, 1.54) is 5.56 Å². The summed E-state index contributed by atoms with van der Waals surface area (Å²) in [7, 11) is 0. The van der Waals surface area contributed by atoms with Gasteiger partial charge in [-0.25, -0.2) is 0 Å². The molecule has 1 N–H and O–H groups in total. The van der Waals surface area contributed by atoms with Crippen LogP contribution in [0.15, 0.2) is 23.0 Å². The Kier molecular flexibility index (Phi) is 3.05. The molecule has 1 unspecified atom stereocenters. The number of fused-ring (bicyclic) bond motifs is 1. The Labute approximate surface area is 102 Å². The summed E-state index contributed by atoms with van der Waals surface area (Å²) < 4.78 is 0. The van der Waals surface area contributed by atoms with E-state index in [1.807, 2.05) is 26.0 Å². The Morgan fingerprint density at radius 3 is 2.65 bits per heavy atom. The zero-order valence-corrected chi connectivity index (χ0v) is 10.9. The van der Waals surface area contributed by atoms with Gasteiger partial charge >= 0.3 is 0 Å². The van der Waals surface area contributed by atoms with Gasteiger partial charge in [0.15, 0.2) is 5.43 Å². The number of benzene rings is 1. The molecule has 0 saturated carbocycles. The Morgan fingerprint density at radius 2 is 2.00 bits per heavy atom. The predicted molar refractivity (Wildman–Crippen MR) is 72.7 cm³/mol. The summed E-state index contributed by atoms with van der Waals surface area (Å²) in [5, 5.41) is 0.811. The summed E-state index contributed by atoms with van der Waals surface area (Å²) in [6, 6.07) is 6.17. The van der Waals surface area contributed by atoms with E-state index in [2.05, 4.69) is 24.9 Å². The molecule has 17 heavy (non-hydrogen) atoms. The van der Waals surface area contributed by atoms with Crippen LogP contribution in [0.3, 0.4) is 0 Å². The third kappa shape index (κ3) is 1.99. The Balaban J connectivity index is 2.73. The number of rotatable bonds is 2. The smallest absolute Gasteiger partial charge is 0.192 e. The number of H-pyrrole nitrogens is 1. The molecule has 0 fully saturated rings. The van der Waals surface area contributed by atoms with Gasteiger partial charge in [0.1, 0.15) is 0 Å². The second-order valence-corrected chi connectivity index (χ2v) is 4.82. The molecule has 2 aromatic rings. The Morgan fingerprint density at radius 1 is 1.29 bits per heavy atom. The largest absolute Gasteiger partial charge is 0.358 e. The molecule has 0 bridgehead atoms. The first-order valence-corrected chi connectivity index (χ1v) is 6.17. The molecule has 0 saturated heterocycles. The van der Waals surface area contributed by atoms with Gasteiger partial charge in [-0.2, -0.15) is 0 Å².